The van der Waals surface area contributed by atoms with Crippen molar-refractivity contribution < 1.29 is 13.6 Å². The van der Waals surface area contributed by atoms with Crippen molar-refractivity contribution in [3.8, 4) is 0 Å². The van der Waals surface area contributed by atoms with Gasteiger partial charge in [-0.15, -0.1) is 0 Å². The molecule has 0 spiro atoms. The molecule has 1 aliphatic heterocycles. The first-order valence-corrected chi connectivity index (χ1v) is 7.30. The molecule has 0 saturated carbocycles. The maximum Gasteiger partial charge on any atom is 0.321 e. The summed E-state index contributed by atoms with van der Waals surface area (Å²) in [5.41, 5.74) is 0.237. The molecule has 23 heavy (non-hydrogen) atoms. The number of aromatic nitrogens is 1. The molecule has 0 aliphatic carbocycles. The van der Waals surface area contributed by atoms with E-state index in [-0.39, 0.29) is 11.7 Å². The Morgan fingerprint density at radius 3 is 2.48 bits per heavy atom. The summed E-state index contributed by atoms with van der Waals surface area (Å²) in [6, 6.07) is 8.68. The highest BCUT2D eigenvalue weighted by Crippen LogP contribution is 2.16. The molecule has 0 unspecified atom stereocenters. The second-order valence-electron chi connectivity index (χ2n) is 5.22. The zero-order valence-corrected chi connectivity index (χ0v) is 12.4. The second-order valence-corrected chi connectivity index (χ2v) is 5.22. The zero-order chi connectivity index (χ0) is 16.2. The molecule has 1 fully saturated rings. The summed E-state index contributed by atoms with van der Waals surface area (Å²) >= 11 is 0. The molecule has 1 aromatic heterocycles. The monoisotopic (exact) mass is 318 g/mol. The molecule has 1 aliphatic rings. The molecule has 1 N–H and O–H groups in total. The largest absolute Gasteiger partial charge is 0.353 e. The quantitative estimate of drug-likeness (QED) is 0.926. The van der Waals surface area contributed by atoms with Crippen LogP contribution >= 0.6 is 0 Å². The van der Waals surface area contributed by atoms with E-state index in [0.29, 0.717) is 26.2 Å². The lowest BCUT2D eigenvalue weighted by Gasteiger charge is -2.35. The maximum atomic E-state index is 13.2. The Morgan fingerprint density at radius 1 is 1.04 bits per heavy atom. The fraction of sp³-hybridized carbons (Fsp3) is 0.250. The van der Waals surface area contributed by atoms with Gasteiger partial charge in [-0.2, -0.15) is 0 Å². The average Bonchev–Trinajstić information content (AvgIpc) is 2.59. The van der Waals surface area contributed by atoms with Gasteiger partial charge in [0.25, 0.3) is 0 Å². The van der Waals surface area contributed by atoms with Crippen LogP contribution in [-0.2, 0) is 0 Å². The molecule has 7 heteroatoms. The number of carbonyl (C=O) groups is 1. The number of halogens is 2. The third-order valence-corrected chi connectivity index (χ3v) is 3.71. The standard InChI is InChI=1S/C16H16F2N4O/c17-13-5-4-12(11-14(13)18)20-16(23)22-9-7-21(8-10-22)15-3-1-2-6-19-15/h1-6,11H,7-10H2,(H,20,23). The van der Waals surface area contributed by atoms with Crippen LogP contribution in [0.4, 0.5) is 25.1 Å². The van der Waals surface area contributed by atoms with E-state index in [1.54, 1.807) is 11.1 Å². The van der Waals surface area contributed by atoms with Crippen molar-refractivity contribution in [1.82, 2.24) is 9.88 Å². The lowest BCUT2D eigenvalue weighted by atomic mass is 10.3. The Kier molecular flexibility index (Phi) is 4.36. The number of hydrogen-bond acceptors (Lipinski definition) is 3. The van der Waals surface area contributed by atoms with Crippen LogP contribution in [0, 0.1) is 11.6 Å². The number of benzene rings is 1. The van der Waals surface area contributed by atoms with E-state index in [1.165, 1.54) is 6.07 Å². The molecule has 0 bridgehead atoms. The molecule has 2 amide bonds. The summed E-state index contributed by atoms with van der Waals surface area (Å²) < 4.78 is 26.0. The third-order valence-electron chi connectivity index (χ3n) is 3.71. The van der Waals surface area contributed by atoms with Gasteiger partial charge in [0.05, 0.1) is 0 Å². The highest BCUT2D eigenvalue weighted by Gasteiger charge is 2.22. The summed E-state index contributed by atoms with van der Waals surface area (Å²) in [6.45, 7) is 2.41. The van der Waals surface area contributed by atoms with E-state index in [9.17, 15) is 13.6 Å². The van der Waals surface area contributed by atoms with E-state index in [1.807, 2.05) is 18.2 Å². The lowest BCUT2D eigenvalue weighted by molar-refractivity contribution is 0.208. The molecule has 3 rings (SSSR count). The van der Waals surface area contributed by atoms with Crippen molar-refractivity contribution in [2.24, 2.45) is 0 Å². The van der Waals surface area contributed by atoms with Gasteiger partial charge in [-0.25, -0.2) is 18.6 Å². The summed E-state index contributed by atoms with van der Waals surface area (Å²) in [4.78, 5) is 20.2. The molecule has 2 aromatic rings. The van der Waals surface area contributed by atoms with Crippen molar-refractivity contribution in [2.75, 3.05) is 36.4 Å². The molecule has 1 saturated heterocycles. The van der Waals surface area contributed by atoms with Crippen LogP contribution in [0.1, 0.15) is 0 Å². The first-order valence-electron chi connectivity index (χ1n) is 7.30. The number of nitrogens with zero attached hydrogens (tertiary/aromatic N) is 3. The van der Waals surface area contributed by atoms with Crippen molar-refractivity contribution in [3.63, 3.8) is 0 Å². The number of rotatable bonds is 2. The summed E-state index contributed by atoms with van der Waals surface area (Å²) in [5, 5.41) is 2.58. The highest BCUT2D eigenvalue weighted by molar-refractivity contribution is 5.89. The predicted molar refractivity (Wildman–Crippen MR) is 83.4 cm³/mol. The van der Waals surface area contributed by atoms with E-state index in [4.69, 9.17) is 0 Å². The van der Waals surface area contributed by atoms with Gasteiger partial charge >= 0.3 is 6.03 Å². The first-order chi connectivity index (χ1) is 11.1. The summed E-state index contributed by atoms with van der Waals surface area (Å²) in [6.07, 6.45) is 1.73. The molecular formula is C16H16F2N4O. The lowest BCUT2D eigenvalue weighted by Crippen LogP contribution is -2.50. The molecule has 0 atom stereocenters. The number of carbonyl (C=O) groups excluding carboxylic acids is 1. The van der Waals surface area contributed by atoms with Gasteiger partial charge in [0.15, 0.2) is 11.6 Å². The van der Waals surface area contributed by atoms with Crippen LogP contribution in [0.5, 0.6) is 0 Å². The molecule has 2 heterocycles. The number of urea groups is 1. The van der Waals surface area contributed by atoms with Crippen LogP contribution in [-0.4, -0.2) is 42.1 Å². The van der Waals surface area contributed by atoms with Crippen molar-refractivity contribution in [1.29, 1.82) is 0 Å². The number of hydrogen-bond donors (Lipinski definition) is 1. The smallest absolute Gasteiger partial charge is 0.321 e. The fourth-order valence-electron chi connectivity index (χ4n) is 2.46. The Bertz CT molecular complexity index is 688. The van der Waals surface area contributed by atoms with E-state index in [0.717, 1.165) is 18.0 Å². The maximum absolute atomic E-state index is 13.2. The van der Waals surface area contributed by atoms with Crippen LogP contribution in [0.3, 0.4) is 0 Å². The van der Waals surface area contributed by atoms with Crippen molar-refractivity contribution in [3.05, 3.63) is 54.2 Å². The summed E-state index contributed by atoms with van der Waals surface area (Å²) in [7, 11) is 0. The number of amides is 2. The number of nitrogens with one attached hydrogen (secondary N) is 1. The summed E-state index contributed by atoms with van der Waals surface area (Å²) in [5.74, 6) is -1.04. The molecule has 0 radical (unpaired) electrons. The molecule has 120 valence electrons. The van der Waals surface area contributed by atoms with Gasteiger partial charge in [-0.05, 0) is 24.3 Å². The Hall–Kier alpha value is -2.70. The van der Waals surface area contributed by atoms with E-state index < -0.39 is 11.6 Å². The Morgan fingerprint density at radius 2 is 1.83 bits per heavy atom. The minimum absolute atomic E-state index is 0.237. The van der Waals surface area contributed by atoms with Crippen LogP contribution < -0.4 is 10.2 Å². The number of anilines is 2. The third kappa shape index (κ3) is 3.56. The Labute approximate surface area is 132 Å². The van der Waals surface area contributed by atoms with Gasteiger partial charge in [-0.3, -0.25) is 0 Å². The highest BCUT2D eigenvalue weighted by atomic mass is 19.2. The number of pyridine rings is 1. The number of piperazine rings is 1. The minimum Gasteiger partial charge on any atom is -0.353 e. The van der Waals surface area contributed by atoms with Crippen molar-refractivity contribution in [2.45, 2.75) is 0 Å². The Balaban J connectivity index is 1.57. The van der Waals surface area contributed by atoms with Crippen molar-refractivity contribution >= 4 is 17.5 Å². The van der Waals surface area contributed by atoms with Gasteiger partial charge < -0.3 is 15.1 Å². The molecule has 1 aromatic carbocycles. The molecular weight excluding hydrogens is 302 g/mol. The van der Waals surface area contributed by atoms with Gasteiger partial charge in [0.2, 0.25) is 0 Å². The average molecular weight is 318 g/mol. The normalized spacial score (nSPS) is 14.7. The van der Waals surface area contributed by atoms with Gasteiger partial charge in [0.1, 0.15) is 5.82 Å². The topological polar surface area (TPSA) is 48.5 Å². The van der Waals surface area contributed by atoms with Gasteiger partial charge in [0, 0.05) is 44.1 Å². The zero-order valence-electron chi connectivity index (χ0n) is 12.4. The predicted octanol–water partition coefficient (Wildman–Crippen LogP) is 2.71. The van der Waals surface area contributed by atoms with Crippen LogP contribution in [0.2, 0.25) is 0 Å². The molecule has 5 nitrogen and oxygen atoms in total. The van der Waals surface area contributed by atoms with Crippen LogP contribution in [0.25, 0.3) is 0 Å². The van der Waals surface area contributed by atoms with E-state index in [2.05, 4.69) is 15.2 Å². The van der Waals surface area contributed by atoms with Gasteiger partial charge in [-0.1, -0.05) is 6.07 Å². The fourth-order valence-corrected chi connectivity index (χ4v) is 2.46. The SMILES string of the molecule is O=C(Nc1ccc(F)c(F)c1)N1CCN(c2ccccn2)CC1. The van der Waals surface area contributed by atoms with Crippen LogP contribution in [0.15, 0.2) is 42.6 Å². The minimum atomic E-state index is -0.984. The van der Waals surface area contributed by atoms with E-state index >= 15 is 0 Å². The first kappa shape index (κ1) is 15.2. The second kappa shape index (κ2) is 6.60.